The second-order valence-electron chi connectivity index (χ2n) is 4.13. The van der Waals surface area contributed by atoms with Crippen LogP contribution in [0.4, 0.5) is 0 Å². The van der Waals surface area contributed by atoms with Crippen molar-refractivity contribution in [3.05, 3.63) is 16.1 Å². The van der Waals surface area contributed by atoms with Gasteiger partial charge < -0.3 is 9.47 Å². The van der Waals surface area contributed by atoms with Crippen molar-refractivity contribution >= 4 is 17.1 Å². The van der Waals surface area contributed by atoms with Crippen LogP contribution in [0.15, 0.2) is 6.20 Å². The molecule has 5 heteroatoms. The van der Waals surface area contributed by atoms with Crippen molar-refractivity contribution in [2.45, 2.75) is 32.3 Å². The molecule has 0 radical (unpaired) electrons. The van der Waals surface area contributed by atoms with Gasteiger partial charge in [0.25, 0.3) is 0 Å². The van der Waals surface area contributed by atoms with Gasteiger partial charge in [-0.05, 0) is 6.92 Å². The molecular formula is C12H17NO3S. The third kappa shape index (κ3) is 2.56. The smallest absolute Gasteiger partial charge is 0.171 e. The topological polar surface area (TPSA) is 48.4 Å². The average Bonchev–Trinajstić information content (AvgIpc) is 2.80. The molecule has 1 fully saturated rings. The Labute approximate surface area is 105 Å². The van der Waals surface area contributed by atoms with Crippen LogP contribution in [-0.4, -0.2) is 30.6 Å². The summed E-state index contributed by atoms with van der Waals surface area (Å²) in [7, 11) is 0. The molecule has 4 nitrogen and oxygen atoms in total. The molecule has 0 saturated carbocycles. The first-order valence-electron chi connectivity index (χ1n) is 5.87. The fraction of sp³-hybridized carbons (Fsp3) is 0.667. The summed E-state index contributed by atoms with van der Waals surface area (Å²) in [6.07, 6.45) is 3.27. The Morgan fingerprint density at radius 1 is 1.59 bits per heavy atom. The zero-order valence-electron chi connectivity index (χ0n) is 10.2. The Bertz CT molecular complexity index is 391. The maximum atomic E-state index is 11.3. The lowest BCUT2D eigenvalue weighted by Gasteiger charge is -2.35. The second kappa shape index (κ2) is 5.25. The van der Waals surface area contributed by atoms with E-state index in [1.165, 1.54) is 11.3 Å². The lowest BCUT2D eigenvalue weighted by molar-refractivity contribution is -0.112. The Morgan fingerprint density at radius 2 is 2.29 bits per heavy atom. The van der Waals surface area contributed by atoms with Crippen LogP contribution in [-0.2, 0) is 15.1 Å². The normalized spacial score (nSPS) is 19.2. The van der Waals surface area contributed by atoms with Gasteiger partial charge in [-0.25, -0.2) is 4.98 Å². The molecule has 0 amide bonds. The summed E-state index contributed by atoms with van der Waals surface area (Å²) < 4.78 is 11.3. The highest BCUT2D eigenvalue weighted by Gasteiger charge is 2.38. The van der Waals surface area contributed by atoms with Gasteiger partial charge >= 0.3 is 0 Å². The molecule has 0 unspecified atom stereocenters. The Balaban J connectivity index is 2.27. The van der Waals surface area contributed by atoms with Gasteiger partial charge in [0, 0.05) is 45.8 Å². The quantitative estimate of drug-likeness (QED) is 0.775. The number of nitrogens with zero attached hydrogens (tertiary/aromatic N) is 1. The van der Waals surface area contributed by atoms with E-state index >= 15 is 0 Å². The van der Waals surface area contributed by atoms with Gasteiger partial charge in [-0.15, -0.1) is 11.3 Å². The lowest BCUT2D eigenvalue weighted by atomic mass is 9.95. The molecule has 0 atom stereocenters. The predicted octanol–water partition coefficient (Wildman–Crippen LogP) is 2.39. The van der Waals surface area contributed by atoms with Gasteiger partial charge in [-0.2, -0.15) is 0 Å². The minimum absolute atomic E-state index is 0.0625. The number of thiazole rings is 1. The fourth-order valence-corrected chi connectivity index (χ4v) is 3.06. The van der Waals surface area contributed by atoms with E-state index in [1.807, 2.05) is 6.92 Å². The van der Waals surface area contributed by atoms with Gasteiger partial charge in [0.2, 0.25) is 0 Å². The summed E-state index contributed by atoms with van der Waals surface area (Å²) in [5.41, 5.74) is -0.342. The highest BCUT2D eigenvalue weighted by molar-refractivity contribution is 7.13. The van der Waals surface area contributed by atoms with Crippen molar-refractivity contribution in [2.75, 3.05) is 19.8 Å². The molecule has 1 aliphatic rings. The number of ether oxygens (including phenoxy) is 2. The zero-order chi connectivity index (χ0) is 12.3. The van der Waals surface area contributed by atoms with E-state index in [4.69, 9.17) is 9.47 Å². The largest absolute Gasteiger partial charge is 0.381 e. The van der Waals surface area contributed by atoms with Gasteiger partial charge in [0.05, 0.1) is 4.88 Å². The molecule has 2 rings (SSSR count). The Morgan fingerprint density at radius 3 is 2.82 bits per heavy atom. The number of carbonyl (C=O) groups excluding carboxylic acids is 1. The third-order valence-electron chi connectivity index (χ3n) is 2.96. The third-order valence-corrected chi connectivity index (χ3v) is 4.25. The van der Waals surface area contributed by atoms with E-state index in [9.17, 15) is 4.79 Å². The molecule has 1 saturated heterocycles. The minimum atomic E-state index is -0.342. The predicted molar refractivity (Wildman–Crippen MR) is 65.5 cm³/mol. The van der Waals surface area contributed by atoms with Crippen molar-refractivity contribution in [3.8, 4) is 0 Å². The summed E-state index contributed by atoms with van der Waals surface area (Å²) in [5.74, 6) is 0.0625. The summed E-state index contributed by atoms with van der Waals surface area (Å²) >= 11 is 1.45. The van der Waals surface area contributed by atoms with Gasteiger partial charge in [0.1, 0.15) is 10.6 Å². The van der Waals surface area contributed by atoms with Crippen LogP contribution in [0.3, 0.4) is 0 Å². The molecule has 17 heavy (non-hydrogen) atoms. The van der Waals surface area contributed by atoms with E-state index in [0.29, 0.717) is 24.7 Å². The first-order valence-corrected chi connectivity index (χ1v) is 6.68. The molecule has 0 aliphatic carbocycles. The second-order valence-corrected chi connectivity index (χ2v) is 5.16. The number of rotatable bonds is 4. The number of ketones is 1. The molecule has 1 aliphatic heterocycles. The van der Waals surface area contributed by atoms with E-state index < -0.39 is 0 Å². The van der Waals surface area contributed by atoms with E-state index in [2.05, 4.69) is 4.98 Å². The number of carbonyl (C=O) groups is 1. The minimum Gasteiger partial charge on any atom is -0.381 e. The summed E-state index contributed by atoms with van der Waals surface area (Å²) in [5, 5.41) is 0.910. The van der Waals surface area contributed by atoms with Gasteiger partial charge in [-0.1, -0.05) is 0 Å². The number of aromatic nitrogens is 1. The van der Waals surface area contributed by atoms with E-state index in [1.54, 1.807) is 13.1 Å². The molecule has 0 N–H and O–H groups in total. The van der Waals surface area contributed by atoms with Crippen LogP contribution in [0.25, 0.3) is 0 Å². The van der Waals surface area contributed by atoms with Gasteiger partial charge in [-0.3, -0.25) is 4.79 Å². The monoisotopic (exact) mass is 255 g/mol. The fourth-order valence-electron chi connectivity index (χ4n) is 2.04. The Kier molecular flexibility index (Phi) is 3.91. The summed E-state index contributed by atoms with van der Waals surface area (Å²) in [6, 6.07) is 0. The summed E-state index contributed by atoms with van der Waals surface area (Å²) in [4.78, 5) is 16.4. The molecular weight excluding hydrogens is 238 g/mol. The van der Waals surface area contributed by atoms with Gasteiger partial charge in [0.15, 0.2) is 5.78 Å². The van der Waals surface area contributed by atoms with Crippen LogP contribution >= 0.6 is 11.3 Å². The van der Waals surface area contributed by atoms with Crippen molar-refractivity contribution in [2.24, 2.45) is 0 Å². The van der Waals surface area contributed by atoms with Crippen LogP contribution in [0.2, 0.25) is 0 Å². The maximum absolute atomic E-state index is 11.3. The van der Waals surface area contributed by atoms with Crippen LogP contribution in [0.5, 0.6) is 0 Å². The first kappa shape index (κ1) is 12.7. The van der Waals surface area contributed by atoms with Crippen molar-refractivity contribution < 1.29 is 14.3 Å². The molecule has 0 spiro atoms. The number of hydrogen-bond donors (Lipinski definition) is 0. The zero-order valence-corrected chi connectivity index (χ0v) is 11.0. The highest BCUT2D eigenvalue weighted by Crippen LogP contribution is 2.38. The van der Waals surface area contributed by atoms with Crippen molar-refractivity contribution in [3.63, 3.8) is 0 Å². The van der Waals surface area contributed by atoms with Crippen LogP contribution in [0, 0.1) is 0 Å². The first-order chi connectivity index (χ1) is 8.18. The van der Waals surface area contributed by atoms with E-state index in [-0.39, 0.29) is 11.4 Å². The van der Waals surface area contributed by atoms with Crippen LogP contribution in [0.1, 0.15) is 41.4 Å². The molecule has 1 aromatic heterocycles. The van der Waals surface area contributed by atoms with Crippen molar-refractivity contribution in [1.82, 2.24) is 4.98 Å². The molecule has 0 aromatic carbocycles. The lowest BCUT2D eigenvalue weighted by Crippen LogP contribution is -2.36. The summed E-state index contributed by atoms with van der Waals surface area (Å²) in [6.45, 7) is 5.57. The average molecular weight is 255 g/mol. The van der Waals surface area contributed by atoms with Crippen LogP contribution < -0.4 is 0 Å². The Hall–Kier alpha value is -0.780. The SMILES string of the molecule is CCOC1(c2ncc(C(C)=O)s2)CCOCC1. The van der Waals surface area contributed by atoms with Crippen molar-refractivity contribution in [1.29, 1.82) is 0 Å². The highest BCUT2D eigenvalue weighted by atomic mass is 32.1. The molecule has 0 bridgehead atoms. The maximum Gasteiger partial charge on any atom is 0.171 e. The molecule has 2 heterocycles. The molecule has 94 valence electrons. The number of Topliss-reactive ketones (excluding diaryl/α,β-unsaturated/α-hetero) is 1. The standard InChI is InChI=1S/C12H17NO3S/c1-3-16-12(4-6-15-7-5-12)11-13-8-10(17-11)9(2)14/h8H,3-7H2,1-2H3. The number of hydrogen-bond acceptors (Lipinski definition) is 5. The molecule has 1 aromatic rings. The van der Waals surface area contributed by atoms with E-state index in [0.717, 1.165) is 17.8 Å².